The predicted octanol–water partition coefficient (Wildman–Crippen LogP) is 1.28. The van der Waals surface area contributed by atoms with Crippen molar-refractivity contribution in [3.05, 3.63) is 23.0 Å². The van der Waals surface area contributed by atoms with Gasteiger partial charge >= 0.3 is 0 Å². The molecule has 0 aliphatic rings. The number of halogens is 1. The largest absolute Gasteiger partial charge is 0.504 e. The van der Waals surface area contributed by atoms with E-state index in [9.17, 15) is 9.50 Å². The van der Waals surface area contributed by atoms with Crippen molar-refractivity contribution in [2.75, 3.05) is 13.7 Å². The highest BCUT2D eigenvalue weighted by Crippen LogP contribution is 2.34. The van der Waals surface area contributed by atoms with Crippen molar-refractivity contribution in [3.8, 4) is 11.5 Å². The van der Waals surface area contributed by atoms with Gasteiger partial charge < -0.3 is 14.7 Å². The van der Waals surface area contributed by atoms with Gasteiger partial charge in [0, 0.05) is 0 Å². The summed E-state index contributed by atoms with van der Waals surface area (Å²) in [6.45, 7) is 1.95. The molecule has 84 valence electrons. The van der Waals surface area contributed by atoms with E-state index in [1.54, 1.807) is 6.92 Å². The fourth-order valence-corrected chi connectivity index (χ4v) is 1.38. The van der Waals surface area contributed by atoms with Crippen LogP contribution in [-0.4, -0.2) is 18.8 Å². The molecule has 0 amide bonds. The zero-order chi connectivity index (χ0) is 11.4. The molecule has 0 aromatic heterocycles. The maximum Gasteiger partial charge on any atom is 0.196 e. The molecule has 1 aromatic rings. The summed E-state index contributed by atoms with van der Waals surface area (Å²) in [6, 6.07) is 1.31. The van der Waals surface area contributed by atoms with E-state index >= 15 is 0 Å². The van der Waals surface area contributed by atoms with Crippen LogP contribution in [0.5, 0.6) is 11.5 Å². The molecule has 0 bridgehead atoms. The second kappa shape index (κ2) is 4.95. The monoisotopic (exact) mass is 215 g/mol. The number of nitrogens with two attached hydrogens (primary N) is 1. The third kappa shape index (κ3) is 2.37. The number of benzene rings is 1. The molecule has 0 unspecified atom stereocenters. The van der Waals surface area contributed by atoms with Crippen molar-refractivity contribution < 1.29 is 19.1 Å². The van der Waals surface area contributed by atoms with Crippen LogP contribution in [0.3, 0.4) is 0 Å². The van der Waals surface area contributed by atoms with Crippen LogP contribution in [0.2, 0.25) is 0 Å². The van der Waals surface area contributed by atoms with Gasteiger partial charge in [-0.25, -0.2) is 10.3 Å². The minimum Gasteiger partial charge on any atom is -0.504 e. The maximum atomic E-state index is 13.4. The van der Waals surface area contributed by atoms with E-state index in [4.69, 9.17) is 10.6 Å². The maximum absolute atomic E-state index is 13.4. The fourth-order valence-electron chi connectivity index (χ4n) is 1.38. The lowest BCUT2D eigenvalue weighted by molar-refractivity contribution is 0.141. The molecule has 0 saturated heterocycles. The van der Waals surface area contributed by atoms with E-state index in [2.05, 4.69) is 4.84 Å². The molecular formula is C10H14FNO3. The summed E-state index contributed by atoms with van der Waals surface area (Å²) >= 11 is 0. The summed E-state index contributed by atoms with van der Waals surface area (Å²) in [5.74, 6) is 3.98. The standard InChI is InChI=1S/C10H14FNO3/c1-6-7(3-4-15-12)5-8(11)10(14-2)9(6)13/h5,13H,3-4,12H2,1-2H3. The average molecular weight is 215 g/mol. The van der Waals surface area contributed by atoms with Gasteiger partial charge in [0.2, 0.25) is 0 Å². The highest BCUT2D eigenvalue weighted by atomic mass is 19.1. The van der Waals surface area contributed by atoms with E-state index in [0.29, 0.717) is 17.5 Å². The Bertz CT molecular complexity index is 355. The van der Waals surface area contributed by atoms with Crippen molar-refractivity contribution in [1.82, 2.24) is 0 Å². The van der Waals surface area contributed by atoms with Gasteiger partial charge in [0.1, 0.15) is 0 Å². The van der Waals surface area contributed by atoms with Crippen LogP contribution < -0.4 is 10.6 Å². The predicted molar refractivity (Wildman–Crippen MR) is 53.2 cm³/mol. The number of rotatable bonds is 4. The highest BCUT2D eigenvalue weighted by Gasteiger charge is 2.15. The molecule has 3 N–H and O–H groups in total. The topological polar surface area (TPSA) is 64.7 Å². The van der Waals surface area contributed by atoms with Crippen LogP contribution in [-0.2, 0) is 11.3 Å². The molecule has 1 aromatic carbocycles. The van der Waals surface area contributed by atoms with Gasteiger partial charge in [-0.3, -0.25) is 0 Å². The zero-order valence-electron chi connectivity index (χ0n) is 8.71. The van der Waals surface area contributed by atoms with Gasteiger partial charge in [0.15, 0.2) is 17.3 Å². The van der Waals surface area contributed by atoms with Crippen LogP contribution >= 0.6 is 0 Å². The van der Waals surface area contributed by atoms with Crippen molar-refractivity contribution in [2.45, 2.75) is 13.3 Å². The average Bonchev–Trinajstić information content (AvgIpc) is 2.22. The molecule has 0 radical (unpaired) electrons. The van der Waals surface area contributed by atoms with Crippen molar-refractivity contribution in [3.63, 3.8) is 0 Å². The number of phenolic OH excluding ortho intramolecular Hbond substituents is 1. The molecule has 0 aliphatic carbocycles. The Morgan fingerprint density at radius 3 is 2.73 bits per heavy atom. The summed E-state index contributed by atoms with van der Waals surface area (Å²) in [5, 5.41) is 9.62. The normalized spacial score (nSPS) is 10.4. The third-order valence-electron chi connectivity index (χ3n) is 2.26. The number of hydrogen-bond donors (Lipinski definition) is 2. The zero-order valence-corrected chi connectivity index (χ0v) is 8.71. The van der Waals surface area contributed by atoms with Gasteiger partial charge in [-0.15, -0.1) is 0 Å². The second-order valence-corrected chi connectivity index (χ2v) is 3.15. The van der Waals surface area contributed by atoms with E-state index in [0.717, 1.165) is 0 Å². The molecule has 15 heavy (non-hydrogen) atoms. The van der Waals surface area contributed by atoms with Crippen LogP contribution in [0.15, 0.2) is 6.07 Å². The second-order valence-electron chi connectivity index (χ2n) is 3.15. The van der Waals surface area contributed by atoms with E-state index < -0.39 is 5.82 Å². The lowest BCUT2D eigenvalue weighted by Crippen LogP contribution is -2.05. The Labute approximate surface area is 87.4 Å². The molecule has 0 heterocycles. The molecule has 4 nitrogen and oxygen atoms in total. The van der Waals surface area contributed by atoms with E-state index in [1.165, 1.54) is 13.2 Å². The Balaban J connectivity index is 3.10. The SMILES string of the molecule is COc1c(F)cc(CCON)c(C)c1O. The summed E-state index contributed by atoms with van der Waals surface area (Å²) in [5.41, 5.74) is 1.22. The van der Waals surface area contributed by atoms with Gasteiger partial charge in [-0.05, 0) is 30.5 Å². The highest BCUT2D eigenvalue weighted by molar-refractivity contribution is 5.50. The summed E-state index contributed by atoms with van der Waals surface area (Å²) in [4.78, 5) is 4.40. The molecule has 0 aliphatic heterocycles. The van der Waals surface area contributed by atoms with E-state index in [-0.39, 0.29) is 18.1 Å². The number of hydrogen-bond acceptors (Lipinski definition) is 4. The first-order valence-corrected chi connectivity index (χ1v) is 4.48. The molecular weight excluding hydrogens is 201 g/mol. The lowest BCUT2D eigenvalue weighted by Gasteiger charge is -2.11. The van der Waals surface area contributed by atoms with Gasteiger partial charge in [-0.2, -0.15) is 0 Å². The number of ether oxygens (including phenoxy) is 1. The minimum absolute atomic E-state index is 0.134. The number of phenols is 1. The molecule has 1 rings (SSSR count). The summed E-state index contributed by atoms with van der Waals surface area (Å²) in [6.07, 6.45) is 0.441. The first-order chi connectivity index (χ1) is 7.11. The van der Waals surface area contributed by atoms with Crippen LogP contribution in [0, 0.1) is 12.7 Å². The number of methoxy groups -OCH3 is 1. The molecule has 0 atom stereocenters. The molecule has 0 spiro atoms. The first-order valence-electron chi connectivity index (χ1n) is 4.48. The Morgan fingerprint density at radius 1 is 1.53 bits per heavy atom. The van der Waals surface area contributed by atoms with Crippen molar-refractivity contribution >= 4 is 0 Å². The van der Waals surface area contributed by atoms with Gasteiger partial charge in [-0.1, -0.05) is 0 Å². The van der Waals surface area contributed by atoms with Crippen molar-refractivity contribution in [1.29, 1.82) is 0 Å². The minimum atomic E-state index is -0.590. The lowest BCUT2D eigenvalue weighted by atomic mass is 10.0. The quantitative estimate of drug-likeness (QED) is 0.742. The smallest absolute Gasteiger partial charge is 0.196 e. The van der Waals surface area contributed by atoms with Gasteiger partial charge in [0.25, 0.3) is 0 Å². The van der Waals surface area contributed by atoms with Crippen LogP contribution in [0.1, 0.15) is 11.1 Å². The Kier molecular flexibility index (Phi) is 3.88. The molecule has 5 heteroatoms. The summed E-state index contributed by atoms with van der Waals surface area (Å²) in [7, 11) is 1.31. The third-order valence-corrected chi connectivity index (χ3v) is 2.26. The van der Waals surface area contributed by atoms with Crippen LogP contribution in [0.25, 0.3) is 0 Å². The molecule has 0 saturated carbocycles. The van der Waals surface area contributed by atoms with E-state index in [1.807, 2.05) is 0 Å². The van der Waals surface area contributed by atoms with Gasteiger partial charge in [0.05, 0.1) is 13.7 Å². The Hall–Kier alpha value is -1.33. The fraction of sp³-hybridized carbons (Fsp3) is 0.400. The Morgan fingerprint density at radius 2 is 2.20 bits per heavy atom. The van der Waals surface area contributed by atoms with Crippen LogP contribution in [0.4, 0.5) is 4.39 Å². The number of aromatic hydroxyl groups is 1. The molecule has 0 fully saturated rings. The summed E-state index contributed by atoms with van der Waals surface area (Å²) < 4.78 is 18.1. The first kappa shape index (κ1) is 11.7. The van der Waals surface area contributed by atoms with Crippen molar-refractivity contribution in [2.24, 2.45) is 5.90 Å².